The number of benzene rings is 2. The van der Waals surface area contributed by atoms with E-state index in [1.807, 2.05) is 59.4 Å². The molecule has 0 aliphatic carbocycles. The van der Waals surface area contributed by atoms with Crippen LogP contribution >= 0.6 is 0 Å². The summed E-state index contributed by atoms with van der Waals surface area (Å²) in [6, 6.07) is 21.9. The summed E-state index contributed by atoms with van der Waals surface area (Å²) < 4.78 is 1.82. The Morgan fingerprint density at radius 2 is 1.78 bits per heavy atom. The third-order valence-corrected chi connectivity index (χ3v) is 4.46. The molecule has 0 aliphatic rings. The van der Waals surface area contributed by atoms with E-state index in [0.29, 0.717) is 19.5 Å². The number of hydrogen-bond acceptors (Lipinski definition) is 3. The molecule has 2 aromatic carbocycles. The molecule has 1 N–H and O–H groups in total. The van der Waals surface area contributed by atoms with E-state index in [1.165, 1.54) is 0 Å². The van der Waals surface area contributed by atoms with E-state index in [4.69, 9.17) is 0 Å². The molecule has 2 aromatic heterocycles. The summed E-state index contributed by atoms with van der Waals surface area (Å²) in [4.78, 5) is 16.6. The predicted molar refractivity (Wildman–Crippen MR) is 106 cm³/mol. The highest BCUT2D eigenvalue weighted by atomic mass is 16.1. The van der Waals surface area contributed by atoms with Gasteiger partial charge in [-0.15, -0.1) is 0 Å². The number of pyridine rings is 1. The number of aromatic nitrogens is 3. The highest BCUT2D eigenvalue weighted by Crippen LogP contribution is 2.18. The van der Waals surface area contributed by atoms with Gasteiger partial charge in [-0.2, -0.15) is 5.10 Å². The van der Waals surface area contributed by atoms with Crippen molar-refractivity contribution in [3.63, 3.8) is 0 Å². The fourth-order valence-electron chi connectivity index (χ4n) is 3.13. The summed E-state index contributed by atoms with van der Waals surface area (Å²) in [6.07, 6.45) is 4.03. The first-order valence-corrected chi connectivity index (χ1v) is 8.98. The molecule has 134 valence electrons. The molecular formula is C22H20N4O. The Balaban J connectivity index is 1.33. The SMILES string of the molecule is O=C(Cc1cccc2ccccc12)NCCn1ccc(-c2ccccn2)n1. The molecule has 0 atom stereocenters. The first-order chi connectivity index (χ1) is 13.3. The molecule has 5 nitrogen and oxygen atoms in total. The zero-order valence-corrected chi connectivity index (χ0v) is 14.9. The number of hydrogen-bond donors (Lipinski definition) is 1. The van der Waals surface area contributed by atoms with Gasteiger partial charge < -0.3 is 5.32 Å². The maximum atomic E-state index is 12.3. The predicted octanol–water partition coefficient (Wildman–Crippen LogP) is 3.46. The van der Waals surface area contributed by atoms with Crippen LogP contribution in [-0.4, -0.2) is 27.2 Å². The maximum Gasteiger partial charge on any atom is 0.224 e. The summed E-state index contributed by atoms with van der Waals surface area (Å²) in [5.74, 6) is 0.0171. The van der Waals surface area contributed by atoms with Crippen LogP contribution in [0.3, 0.4) is 0 Å². The summed E-state index contributed by atoms with van der Waals surface area (Å²) in [5, 5.41) is 9.76. The average Bonchev–Trinajstić information content (AvgIpc) is 3.18. The normalized spacial score (nSPS) is 10.8. The van der Waals surface area contributed by atoms with Crippen LogP contribution in [0, 0.1) is 0 Å². The lowest BCUT2D eigenvalue weighted by molar-refractivity contribution is -0.120. The van der Waals surface area contributed by atoms with Crippen LogP contribution < -0.4 is 5.32 Å². The largest absolute Gasteiger partial charge is 0.354 e. The number of amides is 1. The molecule has 0 spiro atoms. The van der Waals surface area contributed by atoms with Crippen molar-refractivity contribution in [1.29, 1.82) is 0 Å². The molecule has 0 aliphatic heterocycles. The van der Waals surface area contributed by atoms with E-state index in [9.17, 15) is 4.79 Å². The van der Waals surface area contributed by atoms with Gasteiger partial charge in [0.1, 0.15) is 5.69 Å². The zero-order valence-electron chi connectivity index (χ0n) is 14.9. The highest BCUT2D eigenvalue weighted by Gasteiger charge is 2.07. The topological polar surface area (TPSA) is 59.8 Å². The molecule has 5 heteroatoms. The highest BCUT2D eigenvalue weighted by molar-refractivity contribution is 5.90. The van der Waals surface area contributed by atoms with Crippen molar-refractivity contribution >= 4 is 16.7 Å². The van der Waals surface area contributed by atoms with E-state index >= 15 is 0 Å². The van der Waals surface area contributed by atoms with Gasteiger partial charge >= 0.3 is 0 Å². The fraction of sp³-hybridized carbons (Fsp3) is 0.136. The first kappa shape index (κ1) is 17.0. The van der Waals surface area contributed by atoms with Gasteiger partial charge in [0.15, 0.2) is 0 Å². The van der Waals surface area contributed by atoms with Gasteiger partial charge in [0.05, 0.1) is 18.7 Å². The van der Waals surface area contributed by atoms with Crippen molar-refractivity contribution in [3.05, 3.63) is 84.7 Å². The molecule has 0 radical (unpaired) electrons. The van der Waals surface area contributed by atoms with Gasteiger partial charge in [0.25, 0.3) is 0 Å². The minimum Gasteiger partial charge on any atom is -0.354 e. The molecule has 0 saturated heterocycles. The second kappa shape index (κ2) is 7.83. The van der Waals surface area contributed by atoms with Gasteiger partial charge in [-0.1, -0.05) is 48.5 Å². The molecule has 2 heterocycles. The number of carbonyl (C=O) groups is 1. The third kappa shape index (κ3) is 4.03. The van der Waals surface area contributed by atoms with E-state index in [1.54, 1.807) is 6.20 Å². The van der Waals surface area contributed by atoms with Gasteiger partial charge in [-0.3, -0.25) is 14.5 Å². The van der Waals surface area contributed by atoms with Crippen LogP contribution in [0.2, 0.25) is 0 Å². The van der Waals surface area contributed by atoms with Gasteiger partial charge in [-0.05, 0) is 34.5 Å². The Bertz CT molecular complexity index is 1050. The van der Waals surface area contributed by atoms with E-state index in [0.717, 1.165) is 27.7 Å². The van der Waals surface area contributed by atoms with Crippen molar-refractivity contribution in [1.82, 2.24) is 20.1 Å². The summed E-state index contributed by atoms with van der Waals surface area (Å²) in [6.45, 7) is 1.15. The second-order valence-corrected chi connectivity index (χ2v) is 6.34. The van der Waals surface area contributed by atoms with Gasteiger partial charge in [-0.25, -0.2) is 0 Å². The number of fused-ring (bicyclic) bond motifs is 1. The Labute approximate surface area is 157 Å². The molecule has 4 aromatic rings. The van der Waals surface area contributed by atoms with E-state index in [-0.39, 0.29) is 5.91 Å². The second-order valence-electron chi connectivity index (χ2n) is 6.34. The van der Waals surface area contributed by atoms with Crippen LogP contribution in [0.4, 0.5) is 0 Å². The summed E-state index contributed by atoms with van der Waals surface area (Å²) in [5.41, 5.74) is 2.72. The quantitative estimate of drug-likeness (QED) is 0.576. The number of carbonyl (C=O) groups excluding carboxylic acids is 1. The first-order valence-electron chi connectivity index (χ1n) is 8.98. The van der Waals surface area contributed by atoms with E-state index in [2.05, 4.69) is 33.6 Å². The zero-order chi connectivity index (χ0) is 18.5. The third-order valence-electron chi connectivity index (χ3n) is 4.46. The Hall–Kier alpha value is -3.47. The smallest absolute Gasteiger partial charge is 0.224 e. The summed E-state index contributed by atoms with van der Waals surface area (Å²) >= 11 is 0. The lowest BCUT2D eigenvalue weighted by Gasteiger charge is -2.08. The molecule has 4 rings (SSSR count). The number of nitrogens with one attached hydrogen (secondary N) is 1. The lowest BCUT2D eigenvalue weighted by atomic mass is 10.0. The van der Waals surface area contributed by atoms with Crippen LogP contribution in [0.25, 0.3) is 22.2 Å². The number of nitrogens with zero attached hydrogens (tertiary/aromatic N) is 3. The van der Waals surface area contributed by atoms with Crippen LogP contribution in [0.15, 0.2) is 79.1 Å². The Morgan fingerprint density at radius 1 is 0.926 bits per heavy atom. The molecule has 0 fully saturated rings. The van der Waals surface area contributed by atoms with Gasteiger partial charge in [0, 0.05) is 18.9 Å². The standard InChI is InChI=1S/C22H20N4O/c27-22(16-18-8-5-7-17-6-1-2-9-19(17)18)24-13-15-26-14-11-21(25-26)20-10-3-4-12-23-20/h1-12,14H,13,15-16H2,(H,24,27). The van der Waals surface area contributed by atoms with Crippen molar-refractivity contribution in [2.75, 3.05) is 6.54 Å². The average molecular weight is 356 g/mol. The van der Waals surface area contributed by atoms with Crippen LogP contribution in [0.1, 0.15) is 5.56 Å². The Morgan fingerprint density at radius 3 is 2.67 bits per heavy atom. The Kier molecular flexibility index (Phi) is 4.92. The van der Waals surface area contributed by atoms with Crippen molar-refractivity contribution in [2.45, 2.75) is 13.0 Å². The monoisotopic (exact) mass is 356 g/mol. The minimum atomic E-state index is 0.0171. The van der Waals surface area contributed by atoms with E-state index < -0.39 is 0 Å². The lowest BCUT2D eigenvalue weighted by Crippen LogP contribution is -2.28. The molecule has 0 saturated carbocycles. The minimum absolute atomic E-state index is 0.0171. The number of rotatable bonds is 6. The van der Waals surface area contributed by atoms with Crippen LogP contribution in [-0.2, 0) is 17.8 Å². The van der Waals surface area contributed by atoms with Crippen molar-refractivity contribution < 1.29 is 4.79 Å². The summed E-state index contributed by atoms with van der Waals surface area (Å²) in [7, 11) is 0. The van der Waals surface area contributed by atoms with Crippen molar-refractivity contribution in [2.24, 2.45) is 0 Å². The maximum absolute atomic E-state index is 12.3. The van der Waals surface area contributed by atoms with Crippen molar-refractivity contribution in [3.8, 4) is 11.4 Å². The molecule has 27 heavy (non-hydrogen) atoms. The molecule has 0 bridgehead atoms. The van der Waals surface area contributed by atoms with Gasteiger partial charge in [0.2, 0.25) is 5.91 Å². The molecular weight excluding hydrogens is 336 g/mol. The van der Waals surface area contributed by atoms with Crippen LogP contribution in [0.5, 0.6) is 0 Å². The molecule has 0 unspecified atom stereocenters. The molecule has 1 amide bonds. The fourth-order valence-corrected chi connectivity index (χ4v) is 3.13.